The standard InChI is InChI=1S/C22H27N3O3S/c1-18-7-5-6-10-21(18)22(26,19-8-3-2-4-9-19)20-11-14-24(15-12-20)29(27,28)25-16-13-23-17-25/h2-10,13,16-18,20-21,26H,11-12,14-15H2,1H3. The molecule has 2 aromatic rings. The van der Waals surface area contributed by atoms with Crippen molar-refractivity contribution in [3.8, 4) is 0 Å². The van der Waals surface area contributed by atoms with Crippen LogP contribution in [0.2, 0.25) is 0 Å². The van der Waals surface area contributed by atoms with Gasteiger partial charge in [0.15, 0.2) is 0 Å². The maximum atomic E-state index is 12.8. The van der Waals surface area contributed by atoms with E-state index in [2.05, 4.69) is 24.1 Å². The summed E-state index contributed by atoms with van der Waals surface area (Å²) in [5.74, 6) is 0.0948. The molecule has 6 nitrogen and oxygen atoms in total. The quantitative estimate of drug-likeness (QED) is 0.818. The van der Waals surface area contributed by atoms with Crippen molar-refractivity contribution in [2.75, 3.05) is 13.1 Å². The van der Waals surface area contributed by atoms with Gasteiger partial charge in [0.2, 0.25) is 0 Å². The molecule has 2 heterocycles. The van der Waals surface area contributed by atoms with Crippen molar-refractivity contribution in [2.24, 2.45) is 17.8 Å². The van der Waals surface area contributed by atoms with E-state index in [1.165, 1.54) is 23.0 Å². The number of rotatable bonds is 5. The van der Waals surface area contributed by atoms with Crippen molar-refractivity contribution in [3.05, 3.63) is 78.9 Å². The Kier molecular flexibility index (Phi) is 5.46. The van der Waals surface area contributed by atoms with Gasteiger partial charge in [-0.05, 0) is 30.2 Å². The van der Waals surface area contributed by atoms with Gasteiger partial charge in [0, 0.05) is 31.4 Å². The largest absolute Gasteiger partial charge is 0.384 e. The van der Waals surface area contributed by atoms with Gasteiger partial charge < -0.3 is 5.11 Å². The molecule has 0 radical (unpaired) electrons. The average molecular weight is 414 g/mol. The van der Waals surface area contributed by atoms with E-state index in [9.17, 15) is 13.5 Å². The van der Waals surface area contributed by atoms with Crippen molar-refractivity contribution >= 4 is 10.2 Å². The van der Waals surface area contributed by atoms with Crippen LogP contribution in [0.5, 0.6) is 0 Å². The van der Waals surface area contributed by atoms with Gasteiger partial charge in [-0.1, -0.05) is 61.6 Å². The van der Waals surface area contributed by atoms with Crippen LogP contribution in [0.15, 0.2) is 73.4 Å². The monoisotopic (exact) mass is 413 g/mol. The topological polar surface area (TPSA) is 75.4 Å². The molecule has 0 amide bonds. The Morgan fingerprint density at radius 2 is 1.79 bits per heavy atom. The molecule has 7 heteroatoms. The van der Waals surface area contributed by atoms with Gasteiger partial charge in [0.25, 0.3) is 0 Å². The Morgan fingerprint density at radius 3 is 2.41 bits per heavy atom. The SMILES string of the molecule is CC1C=CC=CC1C(O)(c1ccccc1)C1CCN(S(=O)(=O)n2ccnc2)CC1. The second kappa shape index (κ2) is 7.89. The van der Waals surface area contributed by atoms with E-state index >= 15 is 0 Å². The Balaban J connectivity index is 1.61. The summed E-state index contributed by atoms with van der Waals surface area (Å²) in [7, 11) is -3.61. The summed E-state index contributed by atoms with van der Waals surface area (Å²) in [5.41, 5.74) is -0.153. The summed E-state index contributed by atoms with van der Waals surface area (Å²) < 4.78 is 28.2. The first kappa shape index (κ1) is 20.1. The average Bonchev–Trinajstić information content (AvgIpc) is 3.30. The molecule has 2 aliphatic rings. The minimum atomic E-state index is -3.61. The molecule has 1 aliphatic carbocycles. The Labute approximate surface area is 172 Å². The zero-order chi connectivity index (χ0) is 20.5. The van der Waals surface area contributed by atoms with E-state index in [1.807, 2.05) is 42.5 Å². The molecule has 1 aliphatic heterocycles. The number of hydrogen-bond acceptors (Lipinski definition) is 4. The molecule has 1 saturated heterocycles. The number of piperidine rings is 1. The highest BCUT2D eigenvalue weighted by molar-refractivity contribution is 7.87. The Morgan fingerprint density at radius 1 is 1.10 bits per heavy atom. The van der Waals surface area contributed by atoms with Crippen LogP contribution in [0.3, 0.4) is 0 Å². The summed E-state index contributed by atoms with van der Waals surface area (Å²) in [5, 5.41) is 12.1. The number of benzene rings is 1. The van der Waals surface area contributed by atoms with Gasteiger partial charge >= 0.3 is 10.2 Å². The highest BCUT2D eigenvalue weighted by atomic mass is 32.2. The maximum Gasteiger partial charge on any atom is 0.308 e. The fourth-order valence-electron chi connectivity index (χ4n) is 4.71. The first-order chi connectivity index (χ1) is 13.9. The second-order valence-electron chi connectivity index (χ2n) is 7.92. The van der Waals surface area contributed by atoms with Crippen LogP contribution in [0.25, 0.3) is 0 Å². The van der Waals surface area contributed by atoms with Crippen LogP contribution in [0.4, 0.5) is 0 Å². The van der Waals surface area contributed by atoms with Gasteiger partial charge in [-0.25, -0.2) is 8.96 Å². The fraction of sp³-hybridized carbons (Fsp3) is 0.409. The minimum absolute atomic E-state index is 0.0391. The van der Waals surface area contributed by atoms with E-state index in [0.29, 0.717) is 25.9 Å². The molecule has 0 saturated carbocycles. The molecular weight excluding hydrogens is 386 g/mol. The van der Waals surface area contributed by atoms with Crippen LogP contribution in [-0.2, 0) is 15.8 Å². The summed E-state index contributed by atoms with van der Waals surface area (Å²) in [6.45, 7) is 2.87. The number of allylic oxidation sites excluding steroid dienone is 3. The molecule has 4 rings (SSSR count). The fourth-order valence-corrected chi connectivity index (χ4v) is 6.04. The molecule has 29 heavy (non-hydrogen) atoms. The third-order valence-electron chi connectivity index (χ3n) is 6.30. The van der Waals surface area contributed by atoms with Crippen LogP contribution >= 0.6 is 0 Å². The molecule has 0 spiro atoms. The molecule has 154 valence electrons. The first-order valence-corrected chi connectivity index (χ1v) is 11.4. The van der Waals surface area contributed by atoms with Gasteiger partial charge in [-0.2, -0.15) is 12.7 Å². The first-order valence-electron chi connectivity index (χ1n) is 10.1. The van der Waals surface area contributed by atoms with Gasteiger partial charge in [-0.3, -0.25) is 0 Å². The van der Waals surface area contributed by atoms with Crippen LogP contribution in [0.1, 0.15) is 25.3 Å². The lowest BCUT2D eigenvalue weighted by atomic mass is 9.64. The van der Waals surface area contributed by atoms with Crippen molar-refractivity contribution in [3.63, 3.8) is 0 Å². The van der Waals surface area contributed by atoms with E-state index in [4.69, 9.17) is 0 Å². The molecule has 0 bridgehead atoms. The Bertz CT molecular complexity index is 978. The number of aromatic nitrogens is 2. The zero-order valence-corrected chi connectivity index (χ0v) is 17.3. The lowest BCUT2D eigenvalue weighted by molar-refractivity contribution is -0.0860. The molecule has 3 atom stereocenters. The third kappa shape index (κ3) is 3.58. The number of aliphatic hydroxyl groups is 1. The van der Waals surface area contributed by atoms with Crippen molar-refractivity contribution in [2.45, 2.75) is 25.4 Å². The predicted octanol–water partition coefficient (Wildman–Crippen LogP) is 2.95. The lowest BCUT2D eigenvalue weighted by Gasteiger charge is -2.47. The van der Waals surface area contributed by atoms with Crippen LogP contribution < -0.4 is 0 Å². The van der Waals surface area contributed by atoms with Crippen molar-refractivity contribution in [1.82, 2.24) is 13.3 Å². The Hall–Kier alpha value is -2.22. The normalized spacial score (nSPS) is 25.7. The van der Waals surface area contributed by atoms with Gasteiger partial charge in [0.1, 0.15) is 6.33 Å². The summed E-state index contributed by atoms with van der Waals surface area (Å²) in [6.07, 6.45) is 13.6. The number of nitrogens with zero attached hydrogens (tertiary/aromatic N) is 3. The molecule has 1 N–H and O–H groups in total. The summed E-state index contributed by atoms with van der Waals surface area (Å²) in [6, 6.07) is 9.81. The summed E-state index contributed by atoms with van der Waals surface area (Å²) in [4.78, 5) is 3.85. The molecular formula is C22H27N3O3S. The second-order valence-corrected chi connectivity index (χ2v) is 9.75. The van der Waals surface area contributed by atoms with E-state index in [0.717, 1.165) is 9.54 Å². The molecule has 1 aromatic heterocycles. The zero-order valence-electron chi connectivity index (χ0n) is 16.5. The summed E-state index contributed by atoms with van der Waals surface area (Å²) >= 11 is 0. The van der Waals surface area contributed by atoms with E-state index in [-0.39, 0.29) is 17.8 Å². The smallest absolute Gasteiger partial charge is 0.308 e. The molecule has 1 fully saturated rings. The number of hydrogen-bond donors (Lipinski definition) is 1. The maximum absolute atomic E-state index is 12.8. The lowest BCUT2D eigenvalue weighted by Crippen LogP contribution is -2.50. The van der Waals surface area contributed by atoms with E-state index in [1.54, 1.807) is 0 Å². The van der Waals surface area contributed by atoms with Crippen molar-refractivity contribution in [1.29, 1.82) is 0 Å². The van der Waals surface area contributed by atoms with Gasteiger partial charge in [0.05, 0.1) is 5.60 Å². The predicted molar refractivity (Wildman–Crippen MR) is 112 cm³/mol. The van der Waals surface area contributed by atoms with E-state index < -0.39 is 15.8 Å². The highest BCUT2D eigenvalue weighted by Gasteiger charge is 2.47. The van der Waals surface area contributed by atoms with Crippen molar-refractivity contribution < 1.29 is 13.5 Å². The van der Waals surface area contributed by atoms with Crippen LogP contribution in [-0.4, -0.2) is 39.9 Å². The van der Waals surface area contributed by atoms with Crippen LogP contribution in [0, 0.1) is 17.8 Å². The van der Waals surface area contributed by atoms with Gasteiger partial charge in [-0.15, -0.1) is 0 Å². The third-order valence-corrected chi connectivity index (χ3v) is 8.07. The minimum Gasteiger partial charge on any atom is -0.384 e. The molecule has 1 aromatic carbocycles. The highest BCUT2D eigenvalue weighted by Crippen LogP contribution is 2.46. The molecule has 3 unspecified atom stereocenters. The number of imidazole rings is 1.